The van der Waals surface area contributed by atoms with Crippen LogP contribution in [0.4, 0.5) is 16.4 Å². The summed E-state index contributed by atoms with van der Waals surface area (Å²) in [6.07, 6.45) is 4.32. The van der Waals surface area contributed by atoms with Gasteiger partial charge in [-0.1, -0.05) is 6.08 Å². The Bertz CT molecular complexity index is 1190. The molecule has 0 radical (unpaired) electrons. The number of ether oxygens (including phenoxy) is 1. The average Bonchev–Trinajstić information content (AvgIpc) is 3.27. The van der Waals surface area contributed by atoms with Crippen molar-refractivity contribution in [3.8, 4) is 0 Å². The van der Waals surface area contributed by atoms with E-state index in [1.807, 2.05) is 43.6 Å². The summed E-state index contributed by atoms with van der Waals surface area (Å²) in [5.74, 6) is 0.350. The van der Waals surface area contributed by atoms with Crippen LogP contribution in [0.1, 0.15) is 29.3 Å². The number of hydrogen-bond donors (Lipinski definition) is 3. The second kappa shape index (κ2) is 10.8. The predicted octanol–water partition coefficient (Wildman–Crippen LogP) is 2.67. The number of anilines is 2. The first kappa shape index (κ1) is 23.2. The molecule has 0 saturated heterocycles. The Labute approximate surface area is 198 Å². The molecule has 0 fully saturated rings. The maximum absolute atomic E-state index is 12.2. The van der Waals surface area contributed by atoms with Crippen LogP contribution in [0.15, 0.2) is 48.7 Å². The number of carbonyl (C=O) groups excluding carboxylic acids is 2. The molecule has 10 nitrogen and oxygen atoms in total. The molecule has 4 rings (SSSR count). The van der Waals surface area contributed by atoms with Gasteiger partial charge in [0.1, 0.15) is 0 Å². The number of aromatic nitrogens is 3. The minimum atomic E-state index is -0.286. The second-order valence-electron chi connectivity index (χ2n) is 7.81. The molecule has 1 aliphatic rings. The van der Waals surface area contributed by atoms with Crippen molar-refractivity contribution >= 4 is 34.9 Å². The van der Waals surface area contributed by atoms with Crippen molar-refractivity contribution in [2.75, 3.05) is 45.2 Å². The largest absolute Gasteiger partial charge is 0.450 e. The van der Waals surface area contributed by atoms with Gasteiger partial charge in [-0.05, 0) is 62.4 Å². The molecule has 0 spiro atoms. The zero-order valence-corrected chi connectivity index (χ0v) is 19.4. The van der Waals surface area contributed by atoms with E-state index in [1.54, 1.807) is 28.5 Å². The molecule has 0 atom stereocenters. The summed E-state index contributed by atoms with van der Waals surface area (Å²) in [6.45, 7) is 4.56. The highest BCUT2D eigenvalue weighted by atomic mass is 16.6. The van der Waals surface area contributed by atoms with Gasteiger partial charge in [0, 0.05) is 49.2 Å². The topological polar surface area (TPSA) is 113 Å². The molecule has 2 aromatic heterocycles. The summed E-state index contributed by atoms with van der Waals surface area (Å²) in [5, 5.41) is 13.6. The van der Waals surface area contributed by atoms with Crippen LogP contribution in [0.25, 0.3) is 11.2 Å². The van der Waals surface area contributed by atoms with Crippen LogP contribution in [0.3, 0.4) is 0 Å². The molecule has 0 unspecified atom stereocenters. The minimum absolute atomic E-state index is 0.112. The van der Waals surface area contributed by atoms with Crippen LogP contribution in [0, 0.1) is 0 Å². The number of nitrogens with zero attached hydrogens (tertiary/aromatic N) is 4. The van der Waals surface area contributed by atoms with Gasteiger partial charge in [-0.2, -0.15) is 4.98 Å². The summed E-state index contributed by atoms with van der Waals surface area (Å²) < 4.78 is 6.83. The Morgan fingerprint density at radius 3 is 2.68 bits per heavy atom. The summed E-state index contributed by atoms with van der Waals surface area (Å²) >= 11 is 0. The highest BCUT2D eigenvalue weighted by molar-refractivity contribution is 5.94. The van der Waals surface area contributed by atoms with E-state index in [1.165, 1.54) is 0 Å². The summed E-state index contributed by atoms with van der Waals surface area (Å²) in [4.78, 5) is 30.5. The zero-order valence-electron chi connectivity index (χ0n) is 19.4. The maximum Gasteiger partial charge on any atom is 0.410 e. The van der Waals surface area contributed by atoms with E-state index in [-0.39, 0.29) is 12.0 Å². The highest BCUT2D eigenvalue weighted by Crippen LogP contribution is 2.26. The van der Waals surface area contributed by atoms with Crippen LogP contribution >= 0.6 is 0 Å². The zero-order chi connectivity index (χ0) is 23.9. The molecule has 0 aliphatic carbocycles. The third-order valence-corrected chi connectivity index (χ3v) is 5.51. The Hall–Kier alpha value is -3.92. The molecule has 0 bridgehead atoms. The highest BCUT2D eigenvalue weighted by Gasteiger charge is 2.20. The maximum atomic E-state index is 12.2. The van der Waals surface area contributed by atoms with Crippen LogP contribution in [0.5, 0.6) is 0 Å². The average molecular weight is 464 g/mol. The number of nitrogens with one attached hydrogen (secondary N) is 3. The minimum Gasteiger partial charge on any atom is -0.450 e. The third kappa shape index (κ3) is 5.34. The quantitative estimate of drug-likeness (QED) is 0.440. The fourth-order valence-electron chi connectivity index (χ4n) is 3.74. The van der Waals surface area contributed by atoms with E-state index < -0.39 is 0 Å². The number of amides is 2. The van der Waals surface area contributed by atoms with Gasteiger partial charge in [-0.15, -0.1) is 5.10 Å². The fraction of sp³-hybridized carbons (Fsp3) is 0.333. The van der Waals surface area contributed by atoms with Crippen molar-refractivity contribution in [2.45, 2.75) is 13.3 Å². The molecular formula is C24H29N7O3. The normalized spacial score (nSPS) is 13.5. The molecule has 10 heteroatoms. The van der Waals surface area contributed by atoms with Crippen molar-refractivity contribution in [2.24, 2.45) is 0 Å². The smallest absolute Gasteiger partial charge is 0.410 e. The Kier molecular flexibility index (Phi) is 7.38. The summed E-state index contributed by atoms with van der Waals surface area (Å²) in [6, 6.07) is 11.1. The Balaban J connectivity index is 1.46. The van der Waals surface area contributed by atoms with Gasteiger partial charge in [0.25, 0.3) is 5.91 Å². The first-order valence-corrected chi connectivity index (χ1v) is 11.4. The van der Waals surface area contributed by atoms with Crippen LogP contribution in [-0.4, -0.2) is 71.3 Å². The van der Waals surface area contributed by atoms with E-state index in [9.17, 15) is 9.59 Å². The SMILES string of the molecule is CCOC(=O)N1CC=C(c2cccn3nc(Nc4ccc(C(=O)NCCNC)cc4)nc23)CC1. The van der Waals surface area contributed by atoms with E-state index in [2.05, 4.69) is 26.0 Å². The van der Waals surface area contributed by atoms with Crippen molar-refractivity contribution < 1.29 is 14.3 Å². The fourth-order valence-corrected chi connectivity index (χ4v) is 3.74. The van der Waals surface area contributed by atoms with Crippen LogP contribution in [-0.2, 0) is 4.74 Å². The number of rotatable bonds is 8. The third-order valence-electron chi connectivity index (χ3n) is 5.51. The molecule has 1 aromatic carbocycles. The molecule has 3 heterocycles. The van der Waals surface area contributed by atoms with Crippen LogP contribution < -0.4 is 16.0 Å². The molecule has 2 amide bonds. The first-order valence-electron chi connectivity index (χ1n) is 11.4. The van der Waals surface area contributed by atoms with Gasteiger partial charge in [0.05, 0.1) is 6.61 Å². The number of hydrogen-bond acceptors (Lipinski definition) is 7. The van der Waals surface area contributed by atoms with Gasteiger partial charge < -0.3 is 25.6 Å². The van der Waals surface area contributed by atoms with Gasteiger partial charge in [-0.25, -0.2) is 9.31 Å². The Morgan fingerprint density at radius 1 is 1.15 bits per heavy atom. The molecule has 3 aromatic rings. The van der Waals surface area contributed by atoms with Gasteiger partial charge in [0.15, 0.2) is 5.65 Å². The van der Waals surface area contributed by atoms with Gasteiger partial charge in [-0.3, -0.25) is 4.79 Å². The second-order valence-corrected chi connectivity index (χ2v) is 7.81. The number of fused-ring (bicyclic) bond motifs is 1. The van der Waals surface area contributed by atoms with Gasteiger partial charge in [0.2, 0.25) is 5.95 Å². The lowest BCUT2D eigenvalue weighted by atomic mass is 10.0. The molecule has 178 valence electrons. The standard InChI is InChI=1S/C24H29N7O3/c1-3-34-24(33)30-15-10-17(11-16-30)20-5-4-14-31-21(20)28-23(29-31)27-19-8-6-18(7-9-19)22(32)26-13-12-25-2/h4-10,14,25H,3,11-13,15-16H2,1-2H3,(H,26,32)(H,27,29). The number of pyridine rings is 1. The number of benzene rings is 1. The van der Waals surface area contributed by atoms with Crippen LogP contribution in [0.2, 0.25) is 0 Å². The molecular weight excluding hydrogens is 434 g/mol. The number of carbonyl (C=O) groups is 2. The van der Waals surface area contributed by atoms with E-state index in [4.69, 9.17) is 4.74 Å². The molecule has 34 heavy (non-hydrogen) atoms. The van der Waals surface area contributed by atoms with E-state index >= 15 is 0 Å². The number of likely N-dealkylation sites (N-methyl/N-ethyl adjacent to an activating group) is 1. The van der Waals surface area contributed by atoms with Crippen molar-refractivity contribution in [3.63, 3.8) is 0 Å². The first-order chi connectivity index (χ1) is 16.6. The molecule has 0 saturated carbocycles. The van der Waals surface area contributed by atoms with Crippen molar-refractivity contribution in [1.82, 2.24) is 30.1 Å². The van der Waals surface area contributed by atoms with E-state index in [0.29, 0.717) is 50.7 Å². The summed E-state index contributed by atoms with van der Waals surface area (Å²) in [5.41, 5.74) is 4.22. The van der Waals surface area contributed by atoms with E-state index in [0.717, 1.165) is 22.5 Å². The lowest BCUT2D eigenvalue weighted by molar-refractivity contribution is 0.0953. The monoisotopic (exact) mass is 463 g/mol. The summed E-state index contributed by atoms with van der Waals surface area (Å²) in [7, 11) is 1.84. The Morgan fingerprint density at radius 2 is 1.97 bits per heavy atom. The van der Waals surface area contributed by atoms with Crippen molar-refractivity contribution in [3.05, 3.63) is 59.8 Å². The molecule has 3 N–H and O–H groups in total. The molecule has 1 aliphatic heterocycles. The lowest BCUT2D eigenvalue weighted by Gasteiger charge is -2.25. The van der Waals surface area contributed by atoms with Crippen molar-refractivity contribution in [1.29, 1.82) is 0 Å². The lowest BCUT2D eigenvalue weighted by Crippen LogP contribution is -2.35. The van der Waals surface area contributed by atoms with Gasteiger partial charge >= 0.3 is 6.09 Å². The predicted molar refractivity (Wildman–Crippen MR) is 130 cm³/mol.